The Hall–Kier alpha value is -4.02. The van der Waals surface area contributed by atoms with Crippen LogP contribution in [-0.4, -0.2) is 0 Å². The molecule has 0 aliphatic carbocycles. The van der Waals surface area contributed by atoms with E-state index >= 15 is 0 Å². The van der Waals surface area contributed by atoms with E-state index in [1.54, 1.807) is 6.92 Å². The average molecular weight is 558 g/mol. The summed E-state index contributed by atoms with van der Waals surface area (Å²) >= 11 is 0. The molecule has 0 amide bonds. The van der Waals surface area contributed by atoms with Crippen LogP contribution in [0.15, 0.2) is 54.6 Å². The molecule has 0 aliphatic rings. The number of ether oxygens (including phenoxy) is 1. The lowest BCUT2D eigenvalue weighted by Gasteiger charge is -2.20. The standard InChI is InChI=1S/C28H16F10O/c1-2-3-13-4-6-17(24(33)23(13)32)18-8-9-19(26(35)25(18)34)28(37,38)39-15-5-7-16(20(29)12-15)14-10-21(30)27(36)22(31)11-14/h4-12H,2-3H2,1H3. The lowest BCUT2D eigenvalue weighted by Crippen LogP contribution is -2.24. The van der Waals surface area contributed by atoms with E-state index in [1.165, 1.54) is 6.07 Å². The normalized spacial score (nSPS) is 11.7. The number of benzene rings is 4. The van der Waals surface area contributed by atoms with Crippen molar-refractivity contribution < 1.29 is 48.6 Å². The first-order valence-corrected chi connectivity index (χ1v) is 11.3. The van der Waals surface area contributed by atoms with E-state index in [4.69, 9.17) is 0 Å². The minimum atomic E-state index is -4.58. The quantitative estimate of drug-likeness (QED) is 0.162. The smallest absolute Gasteiger partial charge is 0.429 e. The Morgan fingerprint density at radius 3 is 1.74 bits per heavy atom. The van der Waals surface area contributed by atoms with Crippen LogP contribution < -0.4 is 4.74 Å². The van der Waals surface area contributed by atoms with Crippen molar-refractivity contribution in [3.05, 3.63) is 112 Å². The molecule has 11 heteroatoms. The molecular weight excluding hydrogens is 542 g/mol. The molecule has 0 heterocycles. The Morgan fingerprint density at radius 2 is 1.15 bits per heavy atom. The third-order valence-electron chi connectivity index (χ3n) is 5.85. The lowest BCUT2D eigenvalue weighted by molar-refractivity contribution is -0.187. The summed E-state index contributed by atoms with van der Waals surface area (Å²) < 4.78 is 147. The highest BCUT2D eigenvalue weighted by atomic mass is 19.3. The maximum atomic E-state index is 14.8. The van der Waals surface area contributed by atoms with Crippen molar-refractivity contribution in [1.82, 2.24) is 0 Å². The van der Waals surface area contributed by atoms with Gasteiger partial charge in [0.15, 0.2) is 40.7 Å². The van der Waals surface area contributed by atoms with Crippen LogP contribution in [-0.2, 0) is 12.5 Å². The first-order valence-electron chi connectivity index (χ1n) is 11.3. The number of rotatable bonds is 7. The molecule has 0 radical (unpaired) electrons. The van der Waals surface area contributed by atoms with Crippen LogP contribution in [0.5, 0.6) is 5.75 Å². The largest absolute Gasteiger partial charge is 0.429 e. The zero-order chi connectivity index (χ0) is 28.6. The lowest BCUT2D eigenvalue weighted by atomic mass is 9.98. The highest BCUT2D eigenvalue weighted by Gasteiger charge is 2.40. The molecule has 204 valence electrons. The van der Waals surface area contributed by atoms with Crippen LogP contribution in [0.1, 0.15) is 24.5 Å². The summed E-state index contributed by atoms with van der Waals surface area (Å²) in [6.45, 7) is 1.72. The third kappa shape index (κ3) is 5.30. The molecule has 39 heavy (non-hydrogen) atoms. The Balaban J connectivity index is 1.65. The van der Waals surface area contributed by atoms with Crippen LogP contribution in [0.25, 0.3) is 22.3 Å². The number of alkyl halides is 2. The summed E-state index contributed by atoms with van der Waals surface area (Å²) in [6, 6.07) is 6.10. The second kappa shape index (κ2) is 10.6. The number of hydrogen-bond acceptors (Lipinski definition) is 1. The molecule has 0 saturated heterocycles. The minimum Gasteiger partial charge on any atom is -0.429 e. The molecule has 0 atom stereocenters. The maximum absolute atomic E-state index is 14.8. The van der Waals surface area contributed by atoms with Crippen LogP contribution >= 0.6 is 0 Å². The van der Waals surface area contributed by atoms with Gasteiger partial charge in [-0.25, -0.2) is 35.1 Å². The summed E-state index contributed by atoms with van der Waals surface area (Å²) in [7, 11) is 0. The molecule has 0 fully saturated rings. The zero-order valence-electron chi connectivity index (χ0n) is 19.8. The first kappa shape index (κ1) is 28.0. The summed E-state index contributed by atoms with van der Waals surface area (Å²) in [5.41, 5.74) is -4.07. The summed E-state index contributed by atoms with van der Waals surface area (Å²) in [6.07, 6.45) is -3.92. The first-order chi connectivity index (χ1) is 18.4. The molecule has 1 nitrogen and oxygen atoms in total. The van der Waals surface area contributed by atoms with Gasteiger partial charge in [0.05, 0.1) is 0 Å². The van der Waals surface area contributed by atoms with Gasteiger partial charge in [-0.3, -0.25) is 0 Å². The van der Waals surface area contributed by atoms with E-state index in [0.717, 1.165) is 18.2 Å². The van der Waals surface area contributed by atoms with Gasteiger partial charge in [-0.15, -0.1) is 0 Å². The third-order valence-corrected chi connectivity index (χ3v) is 5.85. The second-order valence-corrected chi connectivity index (χ2v) is 8.45. The van der Waals surface area contributed by atoms with Crippen molar-refractivity contribution in [2.75, 3.05) is 0 Å². The fourth-order valence-corrected chi connectivity index (χ4v) is 3.95. The van der Waals surface area contributed by atoms with Gasteiger partial charge in [0.25, 0.3) is 0 Å². The highest BCUT2D eigenvalue weighted by molar-refractivity contribution is 5.67. The van der Waals surface area contributed by atoms with Crippen LogP contribution in [0.4, 0.5) is 43.9 Å². The second-order valence-electron chi connectivity index (χ2n) is 8.45. The maximum Gasteiger partial charge on any atom is 0.429 e. The van der Waals surface area contributed by atoms with Crippen molar-refractivity contribution in [1.29, 1.82) is 0 Å². The predicted octanol–water partition coefficient (Wildman–Crippen LogP) is 9.21. The molecule has 0 unspecified atom stereocenters. The van der Waals surface area contributed by atoms with E-state index in [1.807, 2.05) is 0 Å². The minimum absolute atomic E-state index is 0.00383. The van der Waals surface area contributed by atoms with E-state index in [-0.39, 0.29) is 12.0 Å². The summed E-state index contributed by atoms with van der Waals surface area (Å²) in [5, 5.41) is 0. The van der Waals surface area contributed by atoms with E-state index in [2.05, 4.69) is 4.74 Å². The molecule has 0 bridgehead atoms. The molecule has 4 aromatic carbocycles. The van der Waals surface area contributed by atoms with Crippen molar-refractivity contribution in [2.45, 2.75) is 25.9 Å². The summed E-state index contributed by atoms with van der Waals surface area (Å²) in [4.78, 5) is 0. The molecule has 0 saturated carbocycles. The number of aryl methyl sites for hydroxylation is 1. The Morgan fingerprint density at radius 1 is 0.590 bits per heavy atom. The predicted molar refractivity (Wildman–Crippen MR) is 122 cm³/mol. The summed E-state index contributed by atoms with van der Waals surface area (Å²) in [5.74, 6) is -14.0. The molecule has 4 aromatic rings. The molecule has 0 N–H and O–H groups in total. The van der Waals surface area contributed by atoms with Gasteiger partial charge >= 0.3 is 6.11 Å². The zero-order valence-corrected chi connectivity index (χ0v) is 19.8. The molecule has 0 aliphatic heterocycles. The van der Waals surface area contributed by atoms with Gasteiger partial charge in [-0.2, -0.15) is 8.78 Å². The molecule has 4 rings (SSSR count). The number of hydrogen-bond donors (Lipinski definition) is 0. The SMILES string of the molecule is CCCc1ccc(-c2ccc(C(F)(F)Oc3ccc(-c4cc(F)c(F)c(F)c4)c(F)c3)c(F)c2F)c(F)c1F. The Bertz CT molecular complexity index is 1540. The van der Waals surface area contributed by atoms with Crippen molar-refractivity contribution in [3.8, 4) is 28.0 Å². The van der Waals surface area contributed by atoms with E-state index < -0.39 is 86.2 Å². The Labute approximate surface area is 215 Å². The highest BCUT2D eigenvalue weighted by Crippen LogP contribution is 2.39. The van der Waals surface area contributed by atoms with Gasteiger partial charge < -0.3 is 4.74 Å². The van der Waals surface area contributed by atoms with Crippen LogP contribution in [0, 0.1) is 46.5 Å². The molecular formula is C28H16F10O. The van der Waals surface area contributed by atoms with Crippen molar-refractivity contribution in [3.63, 3.8) is 0 Å². The van der Waals surface area contributed by atoms with Crippen LogP contribution in [0.2, 0.25) is 0 Å². The van der Waals surface area contributed by atoms with E-state index in [9.17, 15) is 43.9 Å². The monoisotopic (exact) mass is 558 g/mol. The van der Waals surface area contributed by atoms with Crippen LogP contribution in [0.3, 0.4) is 0 Å². The van der Waals surface area contributed by atoms with Gasteiger partial charge in [0.2, 0.25) is 0 Å². The van der Waals surface area contributed by atoms with Crippen molar-refractivity contribution in [2.24, 2.45) is 0 Å². The average Bonchev–Trinajstić information content (AvgIpc) is 2.87. The fraction of sp³-hybridized carbons (Fsp3) is 0.143. The van der Waals surface area contributed by atoms with Gasteiger partial charge in [-0.1, -0.05) is 31.5 Å². The van der Waals surface area contributed by atoms with Crippen molar-refractivity contribution >= 4 is 0 Å². The van der Waals surface area contributed by atoms with Gasteiger partial charge in [0.1, 0.15) is 17.1 Å². The Kier molecular flexibility index (Phi) is 7.63. The molecule has 0 aromatic heterocycles. The van der Waals surface area contributed by atoms with Gasteiger partial charge in [0, 0.05) is 22.8 Å². The molecule has 0 spiro atoms. The fourth-order valence-electron chi connectivity index (χ4n) is 3.95. The topological polar surface area (TPSA) is 9.23 Å². The number of halogens is 10. The van der Waals surface area contributed by atoms with Gasteiger partial charge in [-0.05, 0) is 47.9 Å². The van der Waals surface area contributed by atoms with E-state index in [0.29, 0.717) is 36.8 Å².